The van der Waals surface area contributed by atoms with Crippen molar-refractivity contribution >= 4 is 5.91 Å². The first-order valence-electron chi connectivity index (χ1n) is 3.32. The Labute approximate surface area is 66.9 Å². The van der Waals surface area contributed by atoms with Crippen LogP contribution in [0.4, 0.5) is 0 Å². The Kier molecular flexibility index (Phi) is 5.11. The summed E-state index contributed by atoms with van der Waals surface area (Å²) in [5.41, 5.74) is 0. The summed E-state index contributed by atoms with van der Waals surface area (Å²) in [5, 5.41) is 1.23. The smallest absolute Gasteiger partial charge is 0.250 e. The van der Waals surface area contributed by atoms with Gasteiger partial charge in [0.15, 0.2) is 0 Å². The predicted octanol–water partition coefficient (Wildman–Crippen LogP) is 1.14. The first-order valence-corrected chi connectivity index (χ1v) is 3.32. The fraction of sp³-hybridized carbons (Fsp3) is 0.375. The van der Waals surface area contributed by atoms with Gasteiger partial charge in [0.05, 0.1) is 13.7 Å². The van der Waals surface area contributed by atoms with Gasteiger partial charge in [-0.15, -0.1) is 13.2 Å². The van der Waals surface area contributed by atoms with E-state index < -0.39 is 0 Å². The van der Waals surface area contributed by atoms with Crippen molar-refractivity contribution in [2.24, 2.45) is 0 Å². The van der Waals surface area contributed by atoms with Crippen LogP contribution in [0.5, 0.6) is 0 Å². The Morgan fingerprint density at radius 1 is 1.55 bits per heavy atom. The van der Waals surface area contributed by atoms with Crippen molar-refractivity contribution in [3.05, 3.63) is 25.3 Å². The quantitative estimate of drug-likeness (QED) is 0.440. The zero-order valence-corrected chi connectivity index (χ0v) is 6.75. The lowest BCUT2D eigenvalue weighted by atomic mass is 10.4. The van der Waals surface area contributed by atoms with Crippen LogP contribution in [0.15, 0.2) is 25.3 Å². The van der Waals surface area contributed by atoms with Gasteiger partial charge in [-0.2, -0.15) is 0 Å². The molecule has 0 atom stereocenters. The molecule has 0 heterocycles. The molecule has 0 aromatic rings. The monoisotopic (exact) mass is 155 g/mol. The van der Waals surface area contributed by atoms with Crippen molar-refractivity contribution in [3.8, 4) is 0 Å². The van der Waals surface area contributed by atoms with Crippen molar-refractivity contribution in [2.75, 3.05) is 13.7 Å². The molecule has 0 bridgehead atoms. The predicted molar refractivity (Wildman–Crippen MR) is 43.7 cm³/mol. The van der Waals surface area contributed by atoms with E-state index in [-0.39, 0.29) is 5.91 Å². The molecule has 0 saturated carbocycles. The number of hydrogen-bond acceptors (Lipinski definition) is 2. The highest BCUT2D eigenvalue weighted by atomic mass is 16.7. The van der Waals surface area contributed by atoms with Gasteiger partial charge in [0.25, 0.3) is 0 Å². The number of carbonyl (C=O) groups is 1. The topological polar surface area (TPSA) is 29.5 Å². The maximum absolute atomic E-state index is 11.0. The molecule has 0 aliphatic rings. The maximum Gasteiger partial charge on any atom is 0.250 e. The molecule has 0 aliphatic carbocycles. The molecule has 0 spiro atoms. The zero-order chi connectivity index (χ0) is 8.69. The second-order valence-electron chi connectivity index (χ2n) is 1.92. The Bertz CT molecular complexity index is 154. The van der Waals surface area contributed by atoms with E-state index in [0.29, 0.717) is 13.0 Å². The molecule has 0 aliphatic heterocycles. The van der Waals surface area contributed by atoms with Crippen LogP contribution in [0.3, 0.4) is 0 Å². The van der Waals surface area contributed by atoms with Crippen molar-refractivity contribution in [1.82, 2.24) is 5.06 Å². The lowest BCUT2D eigenvalue weighted by Gasteiger charge is -2.16. The van der Waals surface area contributed by atoms with E-state index in [1.165, 1.54) is 18.2 Å². The molecule has 3 heteroatoms. The van der Waals surface area contributed by atoms with Crippen LogP contribution in [0.2, 0.25) is 0 Å². The normalized spacial score (nSPS) is 8.82. The van der Waals surface area contributed by atoms with Crippen molar-refractivity contribution < 1.29 is 9.63 Å². The maximum atomic E-state index is 11.0. The number of amides is 1. The van der Waals surface area contributed by atoms with Gasteiger partial charge < -0.3 is 0 Å². The van der Waals surface area contributed by atoms with Crippen LogP contribution in [0.1, 0.15) is 6.42 Å². The van der Waals surface area contributed by atoms with Crippen LogP contribution in [-0.4, -0.2) is 24.6 Å². The summed E-state index contributed by atoms with van der Waals surface area (Å²) in [7, 11) is 1.45. The summed E-state index contributed by atoms with van der Waals surface area (Å²) in [5.74, 6) is -0.109. The molecule has 11 heavy (non-hydrogen) atoms. The van der Waals surface area contributed by atoms with E-state index in [4.69, 9.17) is 4.84 Å². The fourth-order valence-corrected chi connectivity index (χ4v) is 0.621. The van der Waals surface area contributed by atoms with E-state index in [1.54, 1.807) is 6.08 Å². The molecule has 0 unspecified atom stereocenters. The molecule has 0 saturated heterocycles. The van der Waals surface area contributed by atoms with E-state index in [9.17, 15) is 4.79 Å². The number of rotatable bonds is 5. The highest BCUT2D eigenvalue weighted by Gasteiger charge is 2.07. The van der Waals surface area contributed by atoms with Gasteiger partial charge in [-0.3, -0.25) is 9.63 Å². The highest BCUT2D eigenvalue weighted by Crippen LogP contribution is 1.94. The summed E-state index contributed by atoms with van der Waals surface area (Å²) >= 11 is 0. The number of hydrogen-bond donors (Lipinski definition) is 0. The Hall–Kier alpha value is -1.09. The number of hydroxylamine groups is 2. The second-order valence-corrected chi connectivity index (χ2v) is 1.92. The molecule has 1 amide bonds. The second kappa shape index (κ2) is 5.68. The van der Waals surface area contributed by atoms with Crippen LogP contribution < -0.4 is 0 Å². The Balaban J connectivity index is 3.90. The summed E-state index contributed by atoms with van der Waals surface area (Å²) in [6.07, 6.45) is 3.43. The molecule has 0 rings (SSSR count). The SMILES string of the molecule is C=CCC(=O)N(CC=C)OC. The number of nitrogens with zero attached hydrogens (tertiary/aromatic N) is 1. The van der Waals surface area contributed by atoms with Gasteiger partial charge >= 0.3 is 0 Å². The lowest BCUT2D eigenvalue weighted by molar-refractivity contribution is -0.172. The largest absolute Gasteiger partial charge is 0.274 e. The first-order chi connectivity index (χ1) is 5.26. The van der Waals surface area contributed by atoms with Gasteiger partial charge in [-0.1, -0.05) is 12.2 Å². The molecule has 0 radical (unpaired) electrons. The molecule has 0 N–H and O–H groups in total. The Morgan fingerprint density at radius 2 is 2.18 bits per heavy atom. The minimum Gasteiger partial charge on any atom is -0.274 e. The van der Waals surface area contributed by atoms with Gasteiger partial charge in [0.1, 0.15) is 0 Å². The third-order valence-corrected chi connectivity index (χ3v) is 1.11. The summed E-state index contributed by atoms with van der Waals surface area (Å²) < 4.78 is 0. The molecule has 3 nitrogen and oxygen atoms in total. The highest BCUT2D eigenvalue weighted by molar-refractivity contribution is 5.76. The molecule has 0 fully saturated rings. The molecular weight excluding hydrogens is 142 g/mol. The standard InChI is InChI=1S/C8H13NO2/c1-4-6-8(10)9(11-3)7-5-2/h4-5H,1-2,6-7H2,3H3. The minimum atomic E-state index is -0.109. The zero-order valence-electron chi connectivity index (χ0n) is 6.75. The first kappa shape index (κ1) is 9.91. The van der Waals surface area contributed by atoms with Gasteiger partial charge in [0, 0.05) is 6.42 Å². The van der Waals surface area contributed by atoms with Gasteiger partial charge in [-0.25, -0.2) is 5.06 Å². The van der Waals surface area contributed by atoms with Gasteiger partial charge in [0.2, 0.25) is 5.91 Å². The van der Waals surface area contributed by atoms with Crippen LogP contribution in [-0.2, 0) is 9.63 Å². The van der Waals surface area contributed by atoms with Gasteiger partial charge in [-0.05, 0) is 0 Å². The lowest BCUT2D eigenvalue weighted by Crippen LogP contribution is -2.29. The molecule has 62 valence electrons. The summed E-state index contributed by atoms with van der Waals surface area (Å²) in [6, 6.07) is 0. The average Bonchev–Trinajstić information content (AvgIpc) is 2.00. The number of carbonyl (C=O) groups excluding carboxylic acids is 1. The average molecular weight is 155 g/mol. The third kappa shape index (κ3) is 3.57. The van der Waals surface area contributed by atoms with E-state index in [0.717, 1.165) is 0 Å². The Morgan fingerprint density at radius 3 is 2.55 bits per heavy atom. The van der Waals surface area contributed by atoms with E-state index >= 15 is 0 Å². The molecule has 0 aromatic carbocycles. The van der Waals surface area contributed by atoms with E-state index in [2.05, 4.69) is 13.2 Å². The van der Waals surface area contributed by atoms with Crippen molar-refractivity contribution in [2.45, 2.75) is 6.42 Å². The summed E-state index contributed by atoms with van der Waals surface area (Å²) in [6.45, 7) is 7.35. The minimum absolute atomic E-state index is 0.109. The summed E-state index contributed by atoms with van der Waals surface area (Å²) in [4.78, 5) is 15.8. The molecule has 0 aromatic heterocycles. The van der Waals surface area contributed by atoms with Crippen LogP contribution >= 0.6 is 0 Å². The third-order valence-electron chi connectivity index (χ3n) is 1.11. The van der Waals surface area contributed by atoms with Crippen molar-refractivity contribution in [3.63, 3.8) is 0 Å². The van der Waals surface area contributed by atoms with Crippen molar-refractivity contribution in [1.29, 1.82) is 0 Å². The van der Waals surface area contributed by atoms with Crippen LogP contribution in [0.25, 0.3) is 0 Å². The fourth-order valence-electron chi connectivity index (χ4n) is 0.621. The van der Waals surface area contributed by atoms with E-state index in [1.807, 2.05) is 0 Å². The van der Waals surface area contributed by atoms with Crippen LogP contribution in [0, 0.1) is 0 Å². The molecular formula is C8H13NO2.